The zero-order valence-electron chi connectivity index (χ0n) is 17.6. The summed E-state index contributed by atoms with van der Waals surface area (Å²) in [6.45, 7) is 1.77. The highest BCUT2D eigenvalue weighted by Gasteiger charge is 2.34. The van der Waals surface area contributed by atoms with Crippen LogP contribution in [0.4, 0.5) is 0 Å². The molecule has 0 spiro atoms. The van der Waals surface area contributed by atoms with Crippen molar-refractivity contribution in [3.05, 3.63) is 66.4 Å². The van der Waals surface area contributed by atoms with Gasteiger partial charge in [-0.15, -0.1) is 0 Å². The number of aromatic nitrogens is 1. The number of aliphatic hydroxyl groups is 1. The minimum absolute atomic E-state index is 0.0448. The zero-order chi connectivity index (χ0) is 21.2. The van der Waals surface area contributed by atoms with Gasteiger partial charge in [-0.05, 0) is 54.9 Å². The van der Waals surface area contributed by atoms with Crippen molar-refractivity contribution in [1.82, 2.24) is 9.88 Å². The van der Waals surface area contributed by atoms with E-state index in [-0.39, 0.29) is 17.9 Å². The molecule has 1 N–H and O–H groups in total. The van der Waals surface area contributed by atoms with Crippen LogP contribution in [0.1, 0.15) is 24.8 Å². The molecule has 2 aliphatic rings. The lowest BCUT2D eigenvalue weighted by Gasteiger charge is -2.37. The molecule has 0 saturated carbocycles. The molecular weight excluding hydrogens is 388 g/mol. The molecule has 1 aromatic heterocycles. The molecule has 0 radical (unpaired) electrons. The lowest BCUT2D eigenvalue weighted by Crippen LogP contribution is -2.50. The van der Waals surface area contributed by atoms with E-state index in [1.165, 1.54) is 5.56 Å². The van der Waals surface area contributed by atoms with Crippen molar-refractivity contribution < 1.29 is 14.6 Å². The molecule has 5 nitrogen and oxygen atoms in total. The third-order valence-corrected chi connectivity index (χ3v) is 6.61. The van der Waals surface area contributed by atoms with Gasteiger partial charge in [0.05, 0.1) is 11.6 Å². The topological polar surface area (TPSA) is 62.7 Å². The van der Waals surface area contributed by atoms with Gasteiger partial charge in [-0.3, -0.25) is 9.78 Å². The van der Waals surface area contributed by atoms with Gasteiger partial charge >= 0.3 is 0 Å². The zero-order valence-corrected chi connectivity index (χ0v) is 17.6. The van der Waals surface area contributed by atoms with Crippen LogP contribution in [0.3, 0.4) is 0 Å². The Balaban J connectivity index is 1.22. The maximum atomic E-state index is 12.5. The summed E-state index contributed by atoms with van der Waals surface area (Å²) in [5.74, 6) is 0.213. The maximum absolute atomic E-state index is 12.5. The molecule has 160 valence electrons. The van der Waals surface area contributed by atoms with Crippen molar-refractivity contribution >= 4 is 16.8 Å². The van der Waals surface area contributed by atoms with Crippen molar-refractivity contribution in [2.45, 2.75) is 37.9 Å². The molecule has 5 rings (SSSR count). The molecule has 2 aromatic carbocycles. The van der Waals surface area contributed by atoms with Crippen molar-refractivity contribution in [3.8, 4) is 11.1 Å². The molecular formula is C26H28N2O3. The quantitative estimate of drug-likeness (QED) is 0.702. The second-order valence-corrected chi connectivity index (χ2v) is 8.72. The van der Waals surface area contributed by atoms with E-state index in [4.69, 9.17) is 4.74 Å². The number of hydrogen-bond acceptors (Lipinski definition) is 4. The highest BCUT2D eigenvalue weighted by Crippen LogP contribution is 2.27. The third-order valence-electron chi connectivity index (χ3n) is 6.61. The average molecular weight is 417 g/mol. The van der Waals surface area contributed by atoms with Crippen LogP contribution in [0, 0.1) is 5.92 Å². The number of likely N-dealkylation sites (tertiary alicyclic amines) is 1. The van der Waals surface area contributed by atoms with E-state index in [1.54, 1.807) is 4.90 Å². The normalized spacial score (nSPS) is 23.9. The van der Waals surface area contributed by atoms with Gasteiger partial charge in [0.25, 0.3) is 5.91 Å². The van der Waals surface area contributed by atoms with E-state index in [0.29, 0.717) is 19.7 Å². The molecule has 1 amide bonds. The second-order valence-electron chi connectivity index (χ2n) is 8.72. The highest BCUT2D eigenvalue weighted by molar-refractivity contribution is 5.83. The van der Waals surface area contributed by atoms with Crippen LogP contribution in [0.5, 0.6) is 0 Å². The van der Waals surface area contributed by atoms with Gasteiger partial charge in [0.15, 0.2) is 0 Å². The fourth-order valence-electron chi connectivity index (χ4n) is 4.76. The number of hydrogen-bond donors (Lipinski definition) is 1. The molecule has 2 saturated heterocycles. The number of β-amino-alcohol motifs (C(OH)–C–C–N with tert-alkyl or cyclic N) is 1. The summed E-state index contributed by atoms with van der Waals surface area (Å²) in [6.07, 6.45) is 4.50. The van der Waals surface area contributed by atoms with E-state index >= 15 is 0 Å². The van der Waals surface area contributed by atoms with Crippen LogP contribution in [0.15, 0.2) is 60.8 Å². The number of fused-ring (bicyclic) bond motifs is 1. The van der Waals surface area contributed by atoms with Crippen LogP contribution in [-0.2, 0) is 16.0 Å². The summed E-state index contributed by atoms with van der Waals surface area (Å²) >= 11 is 0. The summed E-state index contributed by atoms with van der Waals surface area (Å²) in [6, 6.07) is 18.8. The maximum Gasteiger partial charge on any atom is 0.251 e. The number of amides is 1. The lowest BCUT2D eigenvalue weighted by atomic mass is 9.87. The molecule has 3 aromatic rings. The van der Waals surface area contributed by atoms with E-state index in [0.717, 1.165) is 47.7 Å². The Labute approximate surface area is 182 Å². The molecule has 0 aliphatic carbocycles. The fourth-order valence-corrected chi connectivity index (χ4v) is 4.76. The van der Waals surface area contributed by atoms with Crippen molar-refractivity contribution in [1.29, 1.82) is 0 Å². The van der Waals surface area contributed by atoms with E-state index < -0.39 is 6.10 Å². The van der Waals surface area contributed by atoms with Gasteiger partial charge < -0.3 is 14.7 Å². The Bertz CT molecular complexity index is 1060. The van der Waals surface area contributed by atoms with Crippen LogP contribution in [-0.4, -0.2) is 52.8 Å². The van der Waals surface area contributed by atoms with Crippen LogP contribution < -0.4 is 0 Å². The minimum atomic E-state index is -0.497. The molecule has 0 bridgehead atoms. The highest BCUT2D eigenvalue weighted by atomic mass is 16.5. The summed E-state index contributed by atoms with van der Waals surface area (Å²) in [5.41, 5.74) is 4.45. The summed E-state index contributed by atoms with van der Waals surface area (Å²) in [7, 11) is 0. The number of aliphatic hydroxyl groups excluding tert-OH is 1. The number of carbonyl (C=O) groups excluding carboxylic acids is 1. The average Bonchev–Trinajstić information content (AvgIpc) is 3.35. The van der Waals surface area contributed by atoms with Gasteiger partial charge in [0.2, 0.25) is 0 Å². The first-order valence-corrected chi connectivity index (χ1v) is 11.2. The number of ether oxygens (including phenoxy) is 1. The predicted molar refractivity (Wildman–Crippen MR) is 121 cm³/mol. The van der Waals surface area contributed by atoms with Gasteiger partial charge in [0.1, 0.15) is 6.10 Å². The van der Waals surface area contributed by atoms with E-state index in [1.807, 2.05) is 24.4 Å². The van der Waals surface area contributed by atoms with E-state index in [2.05, 4.69) is 41.4 Å². The number of nitrogens with zero attached hydrogens (tertiary/aromatic N) is 2. The monoisotopic (exact) mass is 416 g/mol. The molecule has 2 aliphatic heterocycles. The molecule has 3 atom stereocenters. The number of carbonyl (C=O) groups is 1. The summed E-state index contributed by atoms with van der Waals surface area (Å²) in [4.78, 5) is 18.9. The van der Waals surface area contributed by atoms with Gasteiger partial charge in [-0.25, -0.2) is 0 Å². The third kappa shape index (κ3) is 4.34. The number of para-hydroxylation sites is 1. The largest absolute Gasteiger partial charge is 0.391 e. The predicted octanol–water partition coefficient (Wildman–Crippen LogP) is 3.83. The summed E-state index contributed by atoms with van der Waals surface area (Å²) in [5, 5.41) is 11.8. The van der Waals surface area contributed by atoms with Crippen LogP contribution in [0.25, 0.3) is 22.0 Å². The number of rotatable bonds is 4. The first-order chi connectivity index (χ1) is 15.2. The Morgan fingerprint density at radius 3 is 2.71 bits per heavy atom. The minimum Gasteiger partial charge on any atom is -0.391 e. The first kappa shape index (κ1) is 20.2. The SMILES string of the molecule is O=C(C1CCCO1)N1CCC(Cc2ccc(-c3cnc4ccccc4c3)cc2)C(O)C1. The van der Waals surface area contributed by atoms with Crippen molar-refractivity contribution in [2.24, 2.45) is 5.92 Å². The van der Waals surface area contributed by atoms with Crippen LogP contribution >= 0.6 is 0 Å². The van der Waals surface area contributed by atoms with Gasteiger partial charge in [-0.2, -0.15) is 0 Å². The Morgan fingerprint density at radius 2 is 1.94 bits per heavy atom. The number of benzene rings is 2. The molecule has 2 fully saturated rings. The molecule has 5 heteroatoms. The Hall–Kier alpha value is -2.76. The number of piperidine rings is 1. The van der Waals surface area contributed by atoms with Crippen LogP contribution in [0.2, 0.25) is 0 Å². The second kappa shape index (κ2) is 8.77. The van der Waals surface area contributed by atoms with Gasteiger partial charge in [0, 0.05) is 36.8 Å². The number of pyridine rings is 1. The summed E-state index contributed by atoms with van der Waals surface area (Å²) < 4.78 is 5.52. The standard InChI is InChI=1S/C26H28N2O3/c29-24-17-28(26(30)25-6-3-13-31-25)12-11-21(24)14-18-7-9-19(10-8-18)22-15-20-4-1-2-5-23(20)27-16-22/h1-2,4-5,7-10,15-16,21,24-25,29H,3,6,11-14,17H2. The Kier molecular flexibility index (Phi) is 5.70. The molecule has 3 unspecified atom stereocenters. The first-order valence-electron chi connectivity index (χ1n) is 11.2. The van der Waals surface area contributed by atoms with Gasteiger partial charge in [-0.1, -0.05) is 42.5 Å². The fraction of sp³-hybridized carbons (Fsp3) is 0.385. The molecule has 31 heavy (non-hydrogen) atoms. The smallest absolute Gasteiger partial charge is 0.251 e. The van der Waals surface area contributed by atoms with Crippen molar-refractivity contribution in [2.75, 3.05) is 19.7 Å². The molecule has 3 heterocycles. The lowest BCUT2D eigenvalue weighted by molar-refractivity contribution is -0.145. The Morgan fingerprint density at radius 1 is 1.10 bits per heavy atom. The van der Waals surface area contributed by atoms with Crippen molar-refractivity contribution in [3.63, 3.8) is 0 Å². The van der Waals surface area contributed by atoms with E-state index in [9.17, 15) is 9.90 Å².